The summed E-state index contributed by atoms with van der Waals surface area (Å²) >= 11 is 0. The van der Waals surface area contributed by atoms with Crippen molar-refractivity contribution in [3.05, 3.63) is 30.1 Å². The first kappa shape index (κ1) is 12.1. The molecule has 0 aliphatic carbocycles. The molecule has 1 unspecified atom stereocenters. The molecule has 0 aliphatic rings. The molecular formula is C12H21N3. The van der Waals surface area contributed by atoms with Crippen LogP contribution in [0.2, 0.25) is 0 Å². The van der Waals surface area contributed by atoms with Gasteiger partial charge in [-0.3, -0.25) is 16.3 Å². The lowest BCUT2D eigenvalue weighted by Gasteiger charge is -2.22. The van der Waals surface area contributed by atoms with Gasteiger partial charge in [0.15, 0.2) is 0 Å². The van der Waals surface area contributed by atoms with E-state index in [1.807, 2.05) is 18.2 Å². The molecule has 1 heterocycles. The molecule has 0 fully saturated rings. The van der Waals surface area contributed by atoms with Gasteiger partial charge in [0, 0.05) is 6.20 Å². The molecule has 0 spiro atoms. The molecule has 1 rings (SSSR count). The first-order valence-corrected chi connectivity index (χ1v) is 5.40. The lowest BCUT2D eigenvalue weighted by atomic mass is 9.88. The number of hydrogen-bond donors (Lipinski definition) is 2. The Balaban J connectivity index is 2.58. The number of aromatic nitrogens is 1. The third kappa shape index (κ3) is 4.40. The van der Waals surface area contributed by atoms with E-state index in [-0.39, 0.29) is 6.04 Å². The minimum atomic E-state index is 0.158. The summed E-state index contributed by atoms with van der Waals surface area (Å²) in [4.78, 5) is 4.31. The van der Waals surface area contributed by atoms with Gasteiger partial charge in [0.25, 0.3) is 0 Å². The first-order chi connectivity index (χ1) is 7.03. The van der Waals surface area contributed by atoms with Crippen LogP contribution in [0.3, 0.4) is 0 Å². The fourth-order valence-electron chi connectivity index (χ4n) is 1.48. The largest absolute Gasteiger partial charge is 0.271 e. The van der Waals surface area contributed by atoms with E-state index in [4.69, 9.17) is 5.84 Å². The summed E-state index contributed by atoms with van der Waals surface area (Å²) in [7, 11) is 0. The average Bonchev–Trinajstić information content (AvgIpc) is 2.19. The van der Waals surface area contributed by atoms with Gasteiger partial charge in [0.1, 0.15) is 0 Å². The van der Waals surface area contributed by atoms with Crippen molar-refractivity contribution < 1.29 is 0 Å². The molecule has 0 saturated carbocycles. The van der Waals surface area contributed by atoms with Crippen molar-refractivity contribution in [1.82, 2.24) is 10.4 Å². The van der Waals surface area contributed by atoms with Crippen LogP contribution in [0.15, 0.2) is 24.4 Å². The van der Waals surface area contributed by atoms with Gasteiger partial charge < -0.3 is 0 Å². The van der Waals surface area contributed by atoms with Crippen molar-refractivity contribution in [3.8, 4) is 0 Å². The highest BCUT2D eigenvalue weighted by Crippen LogP contribution is 2.25. The van der Waals surface area contributed by atoms with Crippen LogP contribution in [0.5, 0.6) is 0 Å². The highest BCUT2D eigenvalue weighted by molar-refractivity contribution is 5.08. The molecule has 15 heavy (non-hydrogen) atoms. The lowest BCUT2D eigenvalue weighted by Crippen LogP contribution is -2.29. The van der Waals surface area contributed by atoms with Gasteiger partial charge in [-0.05, 0) is 30.4 Å². The fraction of sp³-hybridized carbons (Fsp3) is 0.583. The second kappa shape index (κ2) is 5.24. The molecule has 3 N–H and O–H groups in total. The standard InChI is InChI=1S/C12H21N3/c1-12(2,3)8-7-11(15-13)10-6-4-5-9-14-10/h4-6,9,11,15H,7-8,13H2,1-3H3. The van der Waals surface area contributed by atoms with Crippen LogP contribution in [0.1, 0.15) is 45.3 Å². The third-order valence-electron chi connectivity index (χ3n) is 2.43. The van der Waals surface area contributed by atoms with Gasteiger partial charge in [-0.25, -0.2) is 0 Å². The summed E-state index contributed by atoms with van der Waals surface area (Å²) in [6.07, 6.45) is 3.94. The number of hydrogen-bond acceptors (Lipinski definition) is 3. The smallest absolute Gasteiger partial charge is 0.0632 e. The maximum absolute atomic E-state index is 5.54. The van der Waals surface area contributed by atoms with Crippen molar-refractivity contribution in [2.45, 2.75) is 39.7 Å². The second-order valence-electron chi connectivity index (χ2n) is 5.07. The SMILES string of the molecule is CC(C)(C)CCC(NN)c1ccccn1. The van der Waals surface area contributed by atoms with E-state index < -0.39 is 0 Å². The van der Waals surface area contributed by atoms with Crippen molar-refractivity contribution >= 4 is 0 Å². The molecule has 1 aromatic heterocycles. The third-order valence-corrected chi connectivity index (χ3v) is 2.43. The molecule has 0 radical (unpaired) electrons. The minimum absolute atomic E-state index is 0.158. The molecular weight excluding hydrogens is 186 g/mol. The van der Waals surface area contributed by atoms with Crippen molar-refractivity contribution in [2.24, 2.45) is 11.3 Å². The summed E-state index contributed by atoms with van der Waals surface area (Å²) in [5.41, 5.74) is 4.18. The molecule has 1 atom stereocenters. The first-order valence-electron chi connectivity index (χ1n) is 5.40. The van der Waals surface area contributed by atoms with Crippen molar-refractivity contribution in [2.75, 3.05) is 0 Å². The highest BCUT2D eigenvalue weighted by atomic mass is 15.2. The Morgan fingerprint density at radius 2 is 2.13 bits per heavy atom. The quantitative estimate of drug-likeness (QED) is 0.589. The Bertz CT molecular complexity index is 277. The van der Waals surface area contributed by atoms with Crippen LogP contribution in [0, 0.1) is 5.41 Å². The molecule has 0 saturated heterocycles. The van der Waals surface area contributed by atoms with E-state index >= 15 is 0 Å². The number of nitrogens with two attached hydrogens (primary N) is 1. The maximum atomic E-state index is 5.54. The zero-order valence-electron chi connectivity index (χ0n) is 9.83. The van der Waals surface area contributed by atoms with E-state index in [1.165, 1.54) is 0 Å². The van der Waals surface area contributed by atoms with Crippen molar-refractivity contribution in [3.63, 3.8) is 0 Å². The van der Waals surface area contributed by atoms with Crippen LogP contribution < -0.4 is 11.3 Å². The van der Waals surface area contributed by atoms with Gasteiger partial charge in [0.2, 0.25) is 0 Å². The molecule has 3 nitrogen and oxygen atoms in total. The summed E-state index contributed by atoms with van der Waals surface area (Å²) in [5, 5.41) is 0. The van der Waals surface area contributed by atoms with E-state index in [0.717, 1.165) is 18.5 Å². The molecule has 0 aromatic carbocycles. The molecule has 1 aromatic rings. The maximum Gasteiger partial charge on any atom is 0.0632 e. The molecule has 0 bridgehead atoms. The second-order valence-corrected chi connectivity index (χ2v) is 5.07. The van der Waals surface area contributed by atoms with Gasteiger partial charge in [-0.15, -0.1) is 0 Å². The Morgan fingerprint density at radius 3 is 2.60 bits per heavy atom. The number of hydrazine groups is 1. The van der Waals surface area contributed by atoms with E-state index in [9.17, 15) is 0 Å². The molecule has 3 heteroatoms. The van der Waals surface area contributed by atoms with Gasteiger partial charge in [-0.1, -0.05) is 26.8 Å². The minimum Gasteiger partial charge on any atom is -0.271 e. The fourth-order valence-corrected chi connectivity index (χ4v) is 1.48. The average molecular weight is 207 g/mol. The topological polar surface area (TPSA) is 50.9 Å². The highest BCUT2D eigenvalue weighted by Gasteiger charge is 2.16. The summed E-state index contributed by atoms with van der Waals surface area (Å²) in [5.74, 6) is 5.54. The van der Waals surface area contributed by atoms with Crippen molar-refractivity contribution in [1.29, 1.82) is 0 Å². The Labute approximate surface area is 92.1 Å². The van der Waals surface area contributed by atoms with E-state index in [0.29, 0.717) is 5.41 Å². The predicted octanol–water partition coefficient (Wildman–Crippen LogP) is 2.41. The monoisotopic (exact) mass is 207 g/mol. The predicted molar refractivity (Wildman–Crippen MR) is 63.0 cm³/mol. The summed E-state index contributed by atoms with van der Waals surface area (Å²) in [6, 6.07) is 6.07. The summed E-state index contributed by atoms with van der Waals surface area (Å²) < 4.78 is 0. The number of pyridine rings is 1. The lowest BCUT2D eigenvalue weighted by molar-refractivity contribution is 0.331. The summed E-state index contributed by atoms with van der Waals surface area (Å²) in [6.45, 7) is 6.71. The van der Waals surface area contributed by atoms with E-state index in [2.05, 4.69) is 31.2 Å². The zero-order chi connectivity index (χ0) is 11.3. The van der Waals surface area contributed by atoms with Gasteiger partial charge in [-0.2, -0.15) is 0 Å². The molecule has 84 valence electrons. The van der Waals surface area contributed by atoms with Crippen LogP contribution >= 0.6 is 0 Å². The van der Waals surface area contributed by atoms with Crippen LogP contribution in [0.4, 0.5) is 0 Å². The zero-order valence-corrected chi connectivity index (χ0v) is 9.83. The van der Waals surface area contributed by atoms with Crippen LogP contribution in [-0.2, 0) is 0 Å². The van der Waals surface area contributed by atoms with Gasteiger partial charge >= 0.3 is 0 Å². The van der Waals surface area contributed by atoms with Gasteiger partial charge in [0.05, 0.1) is 11.7 Å². The van der Waals surface area contributed by atoms with Crippen LogP contribution in [0.25, 0.3) is 0 Å². The number of nitrogens with zero attached hydrogens (tertiary/aromatic N) is 1. The number of nitrogens with one attached hydrogen (secondary N) is 1. The Hall–Kier alpha value is -0.930. The molecule has 0 amide bonds. The molecule has 0 aliphatic heterocycles. The Kier molecular flexibility index (Phi) is 4.24. The number of rotatable bonds is 4. The normalized spacial score (nSPS) is 13.9. The van der Waals surface area contributed by atoms with Crippen LogP contribution in [-0.4, -0.2) is 4.98 Å². The Morgan fingerprint density at radius 1 is 1.40 bits per heavy atom. The van der Waals surface area contributed by atoms with E-state index in [1.54, 1.807) is 6.20 Å².